The van der Waals surface area contributed by atoms with Crippen molar-refractivity contribution >= 4 is 17.2 Å². The SMILES string of the molecule is Cc1ncsc1CN1CCn2cc(CC(=O)NC3CCC3)nc2C1C. The monoisotopic (exact) mass is 359 g/mol. The molecule has 1 fully saturated rings. The highest BCUT2D eigenvalue weighted by molar-refractivity contribution is 7.09. The lowest BCUT2D eigenvalue weighted by Gasteiger charge is -2.33. The maximum Gasteiger partial charge on any atom is 0.226 e. The quantitative estimate of drug-likeness (QED) is 0.891. The summed E-state index contributed by atoms with van der Waals surface area (Å²) in [6.07, 6.45) is 5.91. The summed E-state index contributed by atoms with van der Waals surface area (Å²) in [7, 11) is 0. The molecule has 2 aromatic rings. The Bertz CT molecular complexity index is 763. The van der Waals surface area contributed by atoms with Crippen LogP contribution in [0.5, 0.6) is 0 Å². The molecule has 0 bridgehead atoms. The van der Waals surface area contributed by atoms with E-state index >= 15 is 0 Å². The molecule has 1 unspecified atom stereocenters. The Balaban J connectivity index is 1.42. The van der Waals surface area contributed by atoms with E-state index in [1.54, 1.807) is 11.3 Å². The third kappa shape index (κ3) is 3.48. The van der Waals surface area contributed by atoms with E-state index in [9.17, 15) is 4.79 Å². The standard InChI is InChI=1S/C18H25N5OS/c1-12-16(25-11-19-12)10-22-6-7-23-9-15(21-18(23)13(22)2)8-17(24)20-14-4-3-5-14/h9,11,13-14H,3-8,10H2,1-2H3,(H,20,24). The first-order chi connectivity index (χ1) is 12.1. The summed E-state index contributed by atoms with van der Waals surface area (Å²) >= 11 is 1.72. The Morgan fingerprint density at radius 1 is 1.40 bits per heavy atom. The van der Waals surface area contributed by atoms with Crippen LogP contribution in [0, 0.1) is 6.92 Å². The van der Waals surface area contributed by atoms with Gasteiger partial charge in [0.25, 0.3) is 0 Å². The van der Waals surface area contributed by atoms with Gasteiger partial charge in [0.05, 0.1) is 29.4 Å². The topological polar surface area (TPSA) is 63.1 Å². The number of hydrogen-bond acceptors (Lipinski definition) is 5. The number of nitrogens with zero attached hydrogens (tertiary/aromatic N) is 4. The van der Waals surface area contributed by atoms with E-state index < -0.39 is 0 Å². The summed E-state index contributed by atoms with van der Waals surface area (Å²) in [5, 5.41) is 3.10. The lowest BCUT2D eigenvalue weighted by Crippen LogP contribution is -2.40. The van der Waals surface area contributed by atoms with Crippen molar-refractivity contribution < 1.29 is 4.79 Å². The van der Waals surface area contributed by atoms with Gasteiger partial charge in [0.15, 0.2) is 0 Å². The van der Waals surface area contributed by atoms with Gasteiger partial charge in [0.1, 0.15) is 5.82 Å². The molecule has 2 aromatic heterocycles. The van der Waals surface area contributed by atoms with Crippen molar-refractivity contribution in [2.45, 2.75) is 64.7 Å². The maximum atomic E-state index is 12.1. The van der Waals surface area contributed by atoms with Gasteiger partial charge in [0.2, 0.25) is 5.91 Å². The van der Waals surface area contributed by atoms with Gasteiger partial charge in [-0.1, -0.05) is 0 Å². The fourth-order valence-corrected chi connectivity index (χ4v) is 4.35. The number of imidazole rings is 1. The van der Waals surface area contributed by atoms with Gasteiger partial charge in [-0.3, -0.25) is 9.69 Å². The van der Waals surface area contributed by atoms with Crippen LogP contribution in [0.15, 0.2) is 11.7 Å². The van der Waals surface area contributed by atoms with Crippen LogP contribution in [0.3, 0.4) is 0 Å². The minimum atomic E-state index is 0.102. The molecule has 0 radical (unpaired) electrons. The number of rotatable bonds is 5. The lowest BCUT2D eigenvalue weighted by atomic mass is 9.93. The molecule has 25 heavy (non-hydrogen) atoms. The number of amides is 1. The second kappa shape index (κ2) is 6.88. The summed E-state index contributed by atoms with van der Waals surface area (Å²) in [6.45, 7) is 7.11. The highest BCUT2D eigenvalue weighted by atomic mass is 32.1. The van der Waals surface area contributed by atoms with E-state index in [1.807, 2.05) is 5.51 Å². The normalized spacial score (nSPS) is 21.0. The van der Waals surface area contributed by atoms with Crippen molar-refractivity contribution in [1.82, 2.24) is 24.8 Å². The molecule has 1 amide bonds. The first-order valence-corrected chi connectivity index (χ1v) is 9.96. The molecule has 0 aromatic carbocycles. The van der Waals surface area contributed by atoms with Gasteiger partial charge in [-0.25, -0.2) is 9.97 Å². The molecule has 1 N–H and O–H groups in total. The first kappa shape index (κ1) is 16.7. The molecular weight excluding hydrogens is 334 g/mol. The number of aryl methyl sites for hydroxylation is 1. The Hall–Kier alpha value is -1.73. The molecule has 4 rings (SSSR count). The first-order valence-electron chi connectivity index (χ1n) is 9.08. The number of thiazole rings is 1. The molecule has 0 spiro atoms. The smallest absolute Gasteiger partial charge is 0.226 e. The van der Waals surface area contributed by atoms with Crippen LogP contribution in [0.2, 0.25) is 0 Å². The summed E-state index contributed by atoms with van der Waals surface area (Å²) in [5.41, 5.74) is 3.92. The molecule has 1 atom stereocenters. The van der Waals surface area contributed by atoms with E-state index in [0.29, 0.717) is 12.5 Å². The van der Waals surface area contributed by atoms with Gasteiger partial charge in [-0.05, 0) is 33.1 Å². The van der Waals surface area contributed by atoms with Crippen molar-refractivity contribution in [3.05, 3.63) is 33.8 Å². The van der Waals surface area contributed by atoms with E-state index in [4.69, 9.17) is 4.98 Å². The van der Waals surface area contributed by atoms with E-state index in [2.05, 4.69) is 39.8 Å². The minimum Gasteiger partial charge on any atom is -0.353 e. The average molecular weight is 359 g/mol. The molecule has 134 valence electrons. The Morgan fingerprint density at radius 3 is 2.92 bits per heavy atom. The minimum absolute atomic E-state index is 0.102. The number of fused-ring (bicyclic) bond motifs is 1. The number of hydrogen-bond donors (Lipinski definition) is 1. The fraction of sp³-hybridized carbons (Fsp3) is 0.611. The number of carbonyl (C=O) groups excluding carboxylic acids is 1. The van der Waals surface area contributed by atoms with E-state index in [-0.39, 0.29) is 11.9 Å². The highest BCUT2D eigenvalue weighted by Crippen LogP contribution is 2.28. The van der Waals surface area contributed by atoms with Crippen molar-refractivity contribution in [3.63, 3.8) is 0 Å². The van der Waals surface area contributed by atoms with E-state index in [1.165, 1.54) is 11.3 Å². The van der Waals surface area contributed by atoms with Crippen molar-refractivity contribution in [1.29, 1.82) is 0 Å². The third-order valence-electron chi connectivity index (χ3n) is 5.41. The Kier molecular flexibility index (Phi) is 4.60. The van der Waals surface area contributed by atoms with Gasteiger partial charge in [-0.2, -0.15) is 0 Å². The predicted molar refractivity (Wildman–Crippen MR) is 97.4 cm³/mol. The molecule has 1 aliphatic carbocycles. The average Bonchev–Trinajstić information content (AvgIpc) is 3.13. The van der Waals surface area contributed by atoms with E-state index in [0.717, 1.165) is 49.7 Å². The van der Waals surface area contributed by atoms with Gasteiger partial charge in [-0.15, -0.1) is 11.3 Å². The molecule has 1 aliphatic heterocycles. The second-order valence-electron chi connectivity index (χ2n) is 7.16. The molecule has 6 nitrogen and oxygen atoms in total. The van der Waals surface area contributed by atoms with Crippen molar-refractivity contribution in [2.75, 3.05) is 6.54 Å². The molecule has 3 heterocycles. The zero-order valence-electron chi connectivity index (χ0n) is 14.9. The Morgan fingerprint density at radius 2 is 2.24 bits per heavy atom. The molecule has 7 heteroatoms. The number of aromatic nitrogens is 3. The highest BCUT2D eigenvalue weighted by Gasteiger charge is 2.27. The Labute approximate surface area is 152 Å². The van der Waals surface area contributed by atoms with Crippen LogP contribution >= 0.6 is 11.3 Å². The zero-order valence-corrected chi connectivity index (χ0v) is 15.7. The summed E-state index contributed by atoms with van der Waals surface area (Å²) in [6, 6.07) is 0.639. The van der Waals surface area contributed by atoms with Crippen molar-refractivity contribution in [2.24, 2.45) is 0 Å². The number of carbonyl (C=O) groups is 1. The van der Waals surface area contributed by atoms with Crippen LogP contribution in [0.1, 0.15) is 54.3 Å². The molecule has 0 saturated heterocycles. The predicted octanol–water partition coefficient (Wildman–Crippen LogP) is 2.44. The van der Waals surface area contributed by atoms with Gasteiger partial charge in [0, 0.05) is 36.8 Å². The molecular formula is C18H25N5OS. The van der Waals surface area contributed by atoms with Gasteiger partial charge >= 0.3 is 0 Å². The fourth-order valence-electron chi connectivity index (χ4n) is 3.55. The second-order valence-corrected chi connectivity index (χ2v) is 8.10. The van der Waals surface area contributed by atoms with Gasteiger partial charge < -0.3 is 9.88 Å². The summed E-state index contributed by atoms with van der Waals surface area (Å²) in [4.78, 5) is 25.0. The lowest BCUT2D eigenvalue weighted by molar-refractivity contribution is -0.121. The summed E-state index contributed by atoms with van der Waals surface area (Å²) in [5.74, 6) is 1.17. The van der Waals surface area contributed by atoms with Crippen LogP contribution in [-0.4, -0.2) is 37.9 Å². The largest absolute Gasteiger partial charge is 0.353 e. The third-order valence-corrected chi connectivity index (χ3v) is 6.33. The zero-order chi connectivity index (χ0) is 17.4. The van der Waals surface area contributed by atoms with Crippen LogP contribution in [-0.2, 0) is 24.3 Å². The summed E-state index contributed by atoms with van der Waals surface area (Å²) < 4.78 is 2.21. The van der Waals surface area contributed by atoms with Crippen molar-refractivity contribution in [3.8, 4) is 0 Å². The molecule has 1 saturated carbocycles. The number of nitrogens with one attached hydrogen (secondary N) is 1. The molecule has 2 aliphatic rings. The van der Waals surface area contributed by atoms with Crippen LogP contribution in [0.25, 0.3) is 0 Å². The van der Waals surface area contributed by atoms with Crippen LogP contribution < -0.4 is 5.32 Å². The van der Waals surface area contributed by atoms with Crippen LogP contribution in [0.4, 0.5) is 0 Å². The maximum absolute atomic E-state index is 12.1.